The predicted octanol–water partition coefficient (Wildman–Crippen LogP) is 4.61. The lowest BCUT2D eigenvalue weighted by atomic mass is 10.1. The lowest BCUT2D eigenvalue weighted by Gasteiger charge is -2.57. The molecule has 0 saturated heterocycles. The van der Waals surface area contributed by atoms with Crippen molar-refractivity contribution in [3.05, 3.63) is 35.9 Å². The van der Waals surface area contributed by atoms with E-state index in [2.05, 4.69) is 78.8 Å². The average Bonchev–Trinajstić information content (AvgIpc) is 2.47. The van der Waals surface area contributed by atoms with Gasteiger partial charge in [0, 0.05) is 5.56 Å². The summed E-state index contributed by atoms with van der Waals surface area (Å²) in [6, 6.07) is 12.3. The van der Waals surface area contributed by atoms with Gasteiger partial charge in [0.15, 0.2) is 0 Å². The molecule has 0 amide bonds. The number of benzene rings is 1. The highest BCUT2D eigenvalue weighted by atomic mass is 15.9. The van der Waals surface area contributed by atoms with E-state index >= 15 is 0 Å². The van der Waals surface area contributed by atoms with Gasteiger partial charge in [0.1, 0.15) is 38.3 Å². The van der Waals surface area contributed by atoms with Crippen molar-refractivity contribution < 1.29 is 9.18 Å². The zero-order chi connectivity index (χ0) is 16.1. The van der Waals surface area contributed by atoms with Gasteiger partial charge in [0.2, 0.25) is 0 Å². The van der Waals surface area contributed by atoms with Crippen molar-refractivity contribution in [2.75, 3.05) is 19.6 Å². The molecule has 0 radical (unpaired) electrons. The van der Waals surface area contributed by atoms with Gasteiger partial charge in [-0.25, -0.2) is 0 Å². The molecule has 0 fully saturated rings. The van der Waals surface area contributed by atoms with Gasteiger partial charge in [-0.3, -0.25) is 0 Å². The highest BCUT2D eigenvalue weighted by Crippen LogP contribution is 2.33. The van der Waals surface area contributed by atoms with Crippen molar-refractivity contribution in [2.45, 2.75) is 67.1 Å². The molecule has 1 aromatic rings. The van der Waals surface area contributed by atoms with E-state index in [1.165, 1.54) is 25.2 Å². The quantitative estimate of drug-likeness (QED) is 0.485. The first kappa shape index (κ1) is 18.2. The van der Waals surface area contributed by atoms with E-state index in [4.69, 9.17) is 0 Å². The molecular weight excluding hydrogens is 256 g/mol. The first-order valence-electron chi connectivity index (χ1n) is 8.68. The molecule has 2 nitrogen and oxygen atoms in total. The summed E-state index contributed by atoms with van der Waals surface area (Å²) in [5.41, 5.74) is 1.46. The Balaban J connectivity index is 3.35. The summed E-state index contributed by atoms with van der Waals surface area (Å²) in [5, 5.41) is 0. The number of nitrogens with zero attached hydrogens (tertiary/aromatic N) is 2. The van der Waals surface area contributed by atoms with Crippen LogP contribution >= 0.6 is 0 Å². The minimum Gasteiger partial charge on any atom is -0.166 e. The molecular formula is C19H36N2+2. The Labute approximate surface area is 132 Å². The molecule has 0 N–H and O–H groups in total. The van der Waals surface area contributed by atoms with Crippen LogP contribution in [-0.4, -0.2) is 40.9 Å². The molecule has 0 spiro atoms. The maximum Gasteiger partial charge on any atom is 0.148 e. The summed E-state index contributed by atoms with van der Waals surface area (Å²) < 4.78 is 2.29. The largest absolute Gasteiger partial charge is 0.166 e. The standard InChI is InChI=1S/C19H36N2/c1-8-20(9-2,16-19-14-12-11-13-15-19)21(10-3,17(4)5)18(6)7/h11-15,17-18H,8-10,16H2,1-7H3/q+2. The van der Waals surface area contributed by atoms with Gasteiger partial charge in [-0.05, 0) is 48.5 Å². The summed E-state index contributed by atoms with van der Waals surface area (Å²) in [6.45, 7) is 21.3. The fourth-order valence-corrected chi connectivity index (χ4v) is 4.64. The fourth-order valence-electron chi connectivity index (χ4n) is 4.64. The van der Waals surface area contributed by atoms with E-state index in [-0.39, 0.29) is 0 Å². The van der Waals surface area contributed by atoms with Crippen LogP contribution in [0.4, 0.5) is 0 Å². The number of quaternary nitrogens is 2. The molecule has 0 heterocycles. The van der Waals surface area contributed by atoms with E-state index in [0.717, 1.165) is 15.7 Å². The first-order chi connectivity index (χ1) is 9.90. The van der Waals surface area contributed by atoms with E-state index in [9.17, 15) is 0 Å². The molecule has 0 aromatic heterocycles. The van der Waals surface area contributed by atoms with E-state index in [1.807, 2.05) is 0 Å². The van der Waals surface area contributed by atoms with Crippen LogP contribution in [0.2, 0.25) is 0 Å². The third-order valence-corrected chi connectivity index (χ3v) is 5.58. The summed E-state index contributed by atoms with van der Waals surface area (Å²) in [6.07, 6.45) is 0. The van der Waals surface area contributed by atoms with Crippen LogP contribution in [0.3, 0.4) is 0 Å². The Morgan fingerprint density at radius 1 is 0.762 bits per heavy atom. The van der Waals surface area contributed by atoms with Crippen LogP contribution in [0.1, 0.15) is 54.0 Å². The Bertz CT molecular complexity index is 397. The van der Waals surface area contributed by atoms with Gasteiger partial charge in [0.25, 0.3) is 0 Å². The van der Waals surface area contributed by atoms with Gasteiger partial charge in [-0.2, -0.15) is 9.18 Å². The minimum atomic E-state index is 0.624. The molecule has 0 aliphatic heterocycles. The number of hydrogen-bond donors (Lipinski definition) is 0. The van der Waals surface area contributed by atoms with Gasteiger partial charge in [-0.15, -0.1) is 0 Å². The molecule has 1 rings (SSSR count). The molecule has 0 saturated carbocycles. The molecule has 2 heteroatoms. The van der Waals surface area contributed by atoms with Gasteiger partial charge < -0.3 is 0 Å². The smallest absolute Gasteiger partial charge is 0.148 e. The molecule has 0 aliphatic rings. The summed E-state index contributed by atoms with van der Waals surface area (Å²) in [4.78, 5) is 0. The Kier molecular flexibility index (Phi) is 6.42. The summed E-state index contributed by atoms with van der Waals surface area (Å²) in [5.74, 6) is 0. The van der Waals surface area contributed by atoms with Crippen molar-refractivity contribution in [1.29, 1.82) is 0 Å². The molecule has 0 aliphatic carbocycles. The zero-order valence-corrected chi connectivity index (χ0v) is 15.3. The molecule has 0 unspecified atom stereocenters. The van der Waals surface area contributed by atoms with Crippen LogP contribution in [0.25, 0.3) is 0 Å². The Morgan fingerprint density at radius 2 is 1.24 bits per heavy atom. The van der Waals surface area contributed by atoms with Crippen LogP contribution in [0.5, 0.6) is 0 Å². The van der Waals surface area contributed by atoms with E-state index in [1.54, 1.807) is 0 Å². The van der Waals surface area contributed by atoms with Gasteiger partial charge in [0.05, 0.1) is 0 Å². The van der Waals surface area contributed by atoms with Crippen molar-refractivity contribution >= 4 is 0 Å². The number of hydrogen-bond acceptors (Lipinski definition) is 0. The normalized spacial score (nSPS) is 13.2. The maximum absolute atomic E-state index is 2.40. The topological polar surface area (TPSA) is 0 Å². The second-order valence-corrected chi connectivity index (χ2v) is 6.76. The van der Waals surface area contributed by atoms with Crippen molar-refractivity contribution in [3.8, 4) is 0 Å². The highest BCUT2D eigenvalue weighted by Gasteiger charge is 2.51. The molecule has 21 heavy (non-hydrogen) atoms. The van der Waals surface area contributed by atoms with Gasteiger partial charge in [-0.1, -0.05) is 30.3 Å². The second kappa shape index (κ2) is 7.42. The van der Waals surface area contributed by atoms with Crippen LogP contribution in [0, 0.1) is 0 Å². The first-order valence-corrected chi connectivity index (χ1v) is 8.68. The molecule has 0 atom stereocenters. The number of rotatable bonds is 8. The van der Waals surface area contributed by atoms with Crippen molar-refractivity contribution in [1.82, 2.24) is 0 Å². The van der Waals surface area contributed by atoms with Gasteiger partial charge >= 0.3 is 0 Å². The lowest BCUT2D eigenvalue weighted by molar-refractivity contribution is -1.51. The molecule has 1 aromatic carbocycles. The highest BCUT2D eigenvalue weighted by molar-refractivity contribution is 5.13. The minimum absolute atomic E-state index is 0.624. The second-order valence-electron chi connectivity index (χ2n) is 6.76. The Hall–Kier alpha value is -0.860. The fraction of sp³-hybridized carbons (Fsp3) is 0.684. The van der Waals surface area contributed by atoms with Crippen LogP contribution < -0.4 is 0 Å². The Morgan fingerprint density at radius 3 is 1.57 bits per heavy atom. The van der Waals surface area contributed by atoms with Crippen molar-refractivity contribution in [2.24, 2.45) is 0 Å². The monoisotopic (exact) mass is 292 g/mol. The summed E-state index contributed by atoms with van der Waals surface area (Å²) >= 11 is 0. The lowest BCUT2D eigenvalue weighted by Crippen LogP contribution is -2.77. The average molecular weight is 293 g/mol. The van der Waals surface area contributed by atoms with E-state index in [0.29, 0.717) is 12.1 Å². The van der Waals surface area contributed by atoms with Crippen LogP contribution in [-0.2, 0) is 6.54 Å². The van der Waals surface area contributed by atoms with E-state index < -0.39 is 0 Å². The summed E-state index contributed by atoms with van der Waals surface area (Å²) in [7, 11) is 0. The van der Waals surface area contributed by atoms with Crippen molar-refractivity contribution in [3.63, 3.8) is 0 Å². The maximum atomic E-state index is 2.40. The SMILES string of the molecule is CC[N+](CC)(Cc1ccccc1)[N+](CC)(C(C)C)C(C)C. The molecule has 120 valence electrons. The predicted molar refractivity (Wildman–Crippen MR) is 92.6 cm³/mol. The molecule has 0 bridgehead atoms. The van der Waals surface area contributed by atoms with Crippen LogP contribution in [0.15, 0.2) is 30.3 Å². The third kappa shape index (κ3) is 3.17. The third-order valence-electron chi connectivity index (χ3n) is 5.58. The zero-order valence-electron chi connectivity index (χ0n) is 15.3.